The van der Waals surface area contributed by atoms with Crippen molar-refractivity contribution in [2.45, 2.75) is 6.54 Å². The Hall–Kier alpha value is -2.51. The molecule has 0 unspecified atom stereocenters. The molecule has 2 aromatic carbocycles. The van der Waals surface area contributed by atoms with E-state index in [0.717, 1.165) is 5.56 Å². The third-order valence-electron chi connectivity index (χ3n) is 3.03. The lowest BCUT2D eigenvalue weighted by Crippen LogP contribution is -2.28. The molecule has 2 N–H and O–H groups in total. The molecule has 0 spiro atoms. The molecule has 0 aliphatic carbocycles. The molecule has 0 aliphatic heterocycles. The first kappa shape index (κ1) is 16.4. The van der Waals surface area contributed by atoms with E-state index < -0.39 is 0 Å². The fourth-order valence-electron chi connectivity index (χ4n) is 1.97. The topological polar surface area (TPSA) is 63.0 Å². The molecule has 5 nitrogen and oxygen atoms in total. The van der Waals surface area contributed by atoms with Crippen LogP contribution in [0, 0.1) is 5.82 Å². The van der Waals surface area contributed by atoms with E-state index in [1.165, 1.54) is 12.1 Å². The molecule has 24 heavy (non-hydrogen) atoms. The zero-order valence-electron chi connectivity index (χ0n) is 12.3. The Balaban J connectivity index is 1.58. The van der Waals surface area contributed by atoms with Crippen LogP contribution in [-0.4, -0.2) is 15.3 Å². The summed E-state index contributed by atoms with van der Waals surface area (Å²) in [6.07, 6.45) is 0. The van der Waals surface area contributed by atoms with Crippen molar-refractivity contribution >= 4 is 34.6 Å². The maximum atomic E-state index is 13.1. The van der Waals surface area contributed by atoms with Gasteiger partial charge in [0.1, 0.15) is 5.82 Å². The Labute approximate surface area is 147 Å². The molecule has 0 amide bonds. The molecule has 3 rings (SSSR count). The van der Waals surface area contributed by atoms with Gasteiger partial charge in [-0.15, -0.1) is 0 Å². The summed E-state index contributed by atoms with van der Waals surface area (Å²) in [7, 11) is 0. The van der Waals surface area contributed by atoms with E-state index in [9.17, 15) is 4.39 Å². The van der Waals surface area contributed by atoms with E-state index in [0.29, 0.717) is 27.5 Å². The second-order valence-electron chi connectivity index (χ2n) is 4.84. The highest BCUT2D eigenvalue weighted by atomic mass is 35.5. The lowest BCUT2D eigenvalue weighted by Gasteiger charge is -2.08. The van der Waals surface area contributed by atoms with Crippen LogP contribution < -0.4 is 10.6 Å². The Morgan fingerprint density at radius 1 is 1.21 bits per heavy atom. The molecule has 0 fully saturated rings. The van der Waals surface area contributed by atoms with Crippen molar-refractivity contribution in [3.05, 3.63) is 65.3 Å². The second-order valence-corrected chi connectivity index (χ2v) is 5.68. The number of halogens is 2. The maximum Gasteiger partial charge on any atom is 0.246 e. The normalized spacial score (nSPS) is 10.4. The van der Waals surface area contributed by atoms with Gasteiger partial charge in [-0.05, 0) is 42.5 Å². The van der Waals surface area contributed by atoms with Gasteiger partial charge in [-0.2, -0.15) is 4.98 Å². The Bertz CT molecular complexity index is 871. The van der Waals surface area contributed by atoms with Crippen molar-refractivity contribution in [3.63, 3.8) is 0 Å². The van der Waals surface area contributed by atoms with E-state index in [1.54, 1.807) is 24.3 Å². The quantitative estimate of drug-likeness (QED) is 0.684. The number of hydrogen-bond acceptors (Lipinski definition) is 4. The number of aromatic nitrogens is 2. The summed E-state index contributed by atoms with van der Waals surface area (Å²) >= 11 is 11.1. The van der Waals surface area contributed by atoms with Crippen molar-refractivity contribution in [2.75, 3.05) is 5.32 Å². The van der Waals surface area contributed by atoms with E-state index in [-0.39, 0.29) is 12.4 Å². The molecular formula is C16H12ClFN4OS. The number of nitrogens with one attached hydrogen (secondary N) is 2. The number of anilines is 1. The molecule has 8 heteroatoms. The Morgan fingerprint density at radius 2 is 2.04 bits per heavy atom. The summed E-state index contributed by atoms with van der Waals surface area (Å²) in [6.45, 7) is 0.245. The van der Waals surface area contributed by atoms with Gasteiger partial charge in [-0.1, -0.05) is 35.0 Å². The van der Waals surface area contributed by atoms with Gasteiger partial charge in [0.2, 0.25) is 11.7 Å². The van der Waals surface area contributed by atoms with E-state index in [4.69, 9.17) is 28.3 Å². The molecule has 0 bridgehead atoms. The fraction of sp³-hybridized carbons (Fsp3) is 0.0625. The van der Waals surface area contributed by atoms with Gasteiger partial charge in [0, 0.05) is 16.3 Å². The lowest BCUT2D eigenvalue weighted by molar-refractivity contribution is 0.376. The van der Waals surface area contributed by atoms with E-state index >= 15 is 0 Å². The second kappa shape index (κ2) is 7.37. The molecule has 0 radical (unpaired) electrons. The highest BCUT2D eigenvalue weighted by Crippen LogP contribution is 2.19. The van der Waals surface area contributed by atoms with Crippen LogP contribution in [0.15, 0.2) is 53.1 Å². The van der Waals surface area contributed by atoms with Crippen LogP contribution in [0.25, 0.3) is 11.4 Å². The summed E-state index contributed by atoms with van der Waals surface area (Å²) < 4.78 is 18.3. The summed E-state index contributed by atoms with van der Waals surface area (Å²) in [5.41, 5.74) is 1.32. The van der Waals surface area contributed by atoms with E-state index in [1.807, 2.05) is 12.1 Å². The van der Waals surface area contributed by atoms with Crippen LogP contribution in [0.2, 0.25) is 5.02 Å². The van der Waals surface area contributed by atoms with Crippen LogP contribution in [0.4, 0.5) is 10.1 Å². The first-order valence-corrected chi connectivity index (χ1v) is 7.78. The highest BCUT2D eigenvalue weighted by molar-refractivity contribution is 7.80. The van der Waals surface area contributed by atoms with Crippen LogP contribution in [0.1, 0.15) is 5.89 Å². The number of rotatable bonds is 4. The summed E-state index contributed by atoms with van der Waals surface area (Å²) in [6, 6.07) is 13.2. The van der Waals surface area contributed by atoms with Crippen LogP contribution in [-0.2, 0) is 6.54 Å². The molecule has 1 aromatic heterocycles. The van der Waals surface area contributed by atoms with E-state index in [2.05, 4.69) is 20.8 Å². The zero-order chi connectivity index (χ0) is 16.9. The average Bonchev–Trinajstić information content (AvgIpc) is 3.02. The number of nitrogens with zero attached hydrogens (tertiary/aromatic N) is 2. The predicted molar refractivity (Wildman–Crippen MR) is 94.2 cm³/mol. The number of benzene rings is 2. The van der Waals surface area contributed by atoms with Crippen molar-refractivity contribution in [1.29, 1.82) is 0 Å². The molecule has 0 saturated heterocycles. The molecule has 3 aromatic rings. The van der Waals surface area contributed by atoms with Crippen molar-refractivity contribution in [3.8, 4) is 11.4 Å². The fourth-order valence-corrected chi connectivity index (χ4v) is 2.35. The molecule has 0 aliphatic rings. The maximum absolute atomic E-state index is 13.1. The highest BCUT2D eigenvalue weighted by Gasteiger charge is 2.09. The van der Waals surface area contributed by atoms with Gasteiger partial charge in [0.15, 0.2) is 5.11 Å². The SMILES string of the molecule is Fc1cccc(NC(=S)NCc2nc(-c3cccc(Cl)c3)no2)c1. The Kier molecular flexibility index (Phi) is 5.02. The third kappa shape index (κ3) is 4.27. The van der Waals surface area contributed by atoms with Crippen LogP contribution >= 0.6 is 23.8 Å². The molecule has 1 heterocycles. The van der Waals surface area contributed by atoms with Crippen LogP contribution in [0.5, 0.6) is 0 Å². The van der Waals surface area contributed by atoms with Gasteiger partial charge in [0.05, 0.1) is 6.54 Å². The molecular weight excluding hydrogens is 351 g/mol. The summed E-state index contributed by atoms with van der Waals surface area (Å²) in [5.74, 6) is 0.470. The predicted octanol–water partition coefficient (Wildman–Crippen LogP) is 4.02. The first-order chi connectivity index (χ1) is 11.6. The number of thiocarbonyl (C=S) groups is 1. The largest absolute Gasteiger partial charge is 0.353 e. The first-order valence-electron chi connectivity index (χ1n) is 6.99. The monoisotopic (exact) mass is 362 g/mol. The van der Waals surface area contributed by atoms with Gasteiger partial charge in [-0.25, -0.2) is 4.39 Å². The standard InChI is InChI=1S/C16H12ClFN4OS/c17-11-4-1-3-10(7-11)15-21-14(23-22-15)9-19-16(24)20-13-6-2-5-12(18)8-13/h1-8H,9H2,(H2,19,20,24). The van der Waals surface area contributed by atoms with Crippen molar-refractivity contribution < 1.29 is 8.91 Å². The molecule has 122 valence electrons. The van der Waals surface area contributed by atoms with Gasteiger partial charge in [0.25, 0.3) is 0 Å². The van der Waals surface area contributed by atoms with Gasteiger partial charge < -0.3 is 15.2 Å². The smallest absolute Gasteiger partial charge is 0.246 e. The zero-order valence-corrected chi connectivity index (χ0v) is 13.9. The minimum Gasteiger partial charge on any atom is -0.353 e. The van der Waals surface area contributed by atoms with Crippen molar-refractivity contribution in [1.82, 2.24) is 15.5 Å². The number of hydrogen-bond donors (Lipinski definition) is 2. The average molecular weight is 363 g/mol. The lowest BCUT2D eigenvalue weighted by atomic mass is 10.2. The minimum absolute atomic E-state index is 0.245. The van der Waals surface area contributed by atoms with Gasteiger partial charge in [-0.3, -0.25) is 0 Å². The van der Waals surface area contributed by atoms with Gasteiger partial charge >= 0.3 is 0 Å². The van der Waals surface area contributed by atoms with Crippen molar-refractivity contribution in [2.24, 2.45) is 0 Å². The third-order valence-corrected chi connectivity index (χ3v) is 3.52. The van der Waals surface area contributed by atoms with Crippen LogP contribution in [0.3, 0.4) is 0 Å². The Morgan fingerprint density at radius 3 is 2.83 bits per heavy atom. The summed E-state index contributed by atoms with van der Waals surface area (Å²) in [4.78, 5) is 4.27. The minimum atomic E-state index is -0.342. The molecule has 0 atom stereocenters. The summed E-state index contributed by atoms with van der Waals surface area (Å²) in [5, 5.41) is 10.6. The molecule has 0 saturated carbocycles.